The molecule has 94 valence electrons. The fourth-order valence-electron chi connectivity index (χ4n) is 1.74. The highest BCUT2D eigenvalue weighted by atomic mass is 35.5. The summed E-state index contributed by atoms with van der Waals surface area (Å²) < 4.78 is 14.1. The molecule has 4 heteroatoms. The van der Waals surface area contributed by atoms with Gasteiger partial charge in [-0.05, 0) is 30.3 Å². The first-order valence-corrected chi connectivity index (χ1v) is 6.17. The number of anilines is 1. The molecule has 0 spiro atoms. The van der Waals surface area contributed by atoms with Crippen molar-refractivity contribution in [2.45, 2.75) is 0 Å². The van der Waals surface area contributed by atoms with Gasteiger partial charge < -0.3 is 4.90 Å². The monoisotopic (exact) mass is 283 g/mol. The van der Waals surface area contributed by atoms with Gasteiger partial charge in [-0.1, -0.05) is 29.3 Å². The summed E-state index contributed by atoms with van der Waals surface area (Å²) in [6, 6.07) is 10.1. The van der Waals surface area contributed by atoms with E-state index in [-0.39, 0.29) is 5.82 Å². The van der Waals surface area contributed by atoms with Crippen LogP contribution in [0, 0.1) is 5.82 Å². The van der Waals surface area contributed by atoms with Gasteiger partial charge in [0, 0.05) is 41.0 Å². The van der Waals surface area contributed by atoms with Gasteiger partial charge in [-0.2, -0.15) is 0 Å². The third-order valence-electron chi connectivity index (χ3n) is 2.70. The molecule has 0 saturated carbocycles. The summed E-state index contributed by atoms with van der Waals surface area (Å²) in [5.74, 6) is -0.337. The smallest absolute Gasteiger partial charge is 0.133 e. The molecule has 2 rings (SSSR count). The van der Waals surface area contributed by atoms with Gasteiger partial charge in [-0.25, -0.2) is 4.39 Å². The van der Waals surface area contributed by atoms with E-state index in [0.717, 1.165) is 5.69 Å². The number of benzene rings is 2. The molecule has 0 atom stereocenters. The fourth-order valence-corrected chi connectivity index (χ4v) is 2.34. The maximum absolute atomic E-state index is 14.1. The van der Waals surface area contributed by atoms with Crippen LogP contribution in [0.2, 0.25) is 10.0 Å². The Morgan fingerprint density at radius 3 is 2.11 bits per heavy atom. The second-order valence-corrected chi connectivity index (χ2v) is 4.97. The van der Waals surface area contributed by atoms with E-state index in [0.29, 0.717) is 21.2 Å². The van der Waals surface area contributed by atoms with E-state index in [1.165, 1.54) is 6.07 Å². The summed E-state index contributed by atoms with van der Waals surface area (Å²) in [7, 11) is 3.72. The molecular formula is C14H12Cl2FN. The van der Waals surface area contributed by atoms with E-state index >= 15 is 0 Å². The first-order valence-electron chi connectivity index (χ1n) is 5.42. The van der Waals surface area contributed by atoms with Gasteiger partial charge in [0.25, 0.3) is 0 Å². The molecule has 0 bridgehead atoms. The largest absolute Gasteiger partial charge is 0.378 e. The lowest BCUT2D eigenvalue weighted by Gasteiger charge is -2.14. The van der Waals surface area contributed by atoms with Gasteiger partial charge >= 0.3 is 0 Å². The predicted octanol–water partition coefficient (Wildman–Crippen LogP) is 4.87. The van der Waals surface area contributed by atoms with Gasteiger partial charge in [0.15, 0.2) is 0 Å². The lowest BCUT2D eigenvalue weighted by Crippen LogP contribution is -2.08. The predicted molar refractivity (Wildman–Crippen MR) is 76.2 cm³/mol. The second-order valence-electron chi connectivity index (χ2n) is 4.16. The number of hydrogen-bond donors (Lipinski definition) is 0. The Kier molecular flexibility index (Phi) is 3.79. The third-order valence-corrected chi connectivity index (χ3v) is 3.33. The highest BCUT2D eigenvalue weighted by Crippen LogP contribution is 2.36. The first kappa shape index (κ1) is 13.2. The van der Waals surface area contributed by atoms with Crippen LogP contribution in [0.5, 0.6) is 0 Å². The second kappa shape index (κ2) is 5.17. The SMILES string of the molecule is CN(C)c1ccc(-c2c(Cl)cccc2Cl)c(F)c1. The van der Waals surface area contributed by atoms with Gasteiger partial charge in [0.1, 0.15) is 5.82 Å². The van der Waals surface area contributed by atoms with Gasteiger partial charge in [-0.3, -0.25) is 0 Å². The minimum absolute atomic E-state index is 0.337. The Balaban J connectivity index is 2.59. The highest BCUT2D eigenvalue weighted by molar-refractivity contribution is 6.39. The molecule has 0 saturated heterocycles. The molecule has 0 amide bonds. The summed E-state index contributed by atoms with van der Waals surface area (Å²) in [6.45, 7) is 0. The zero-order valence-corrected chi connectivity index (χ0v) is 11.6. The lowest BCUT2D eigenvalue weighted by atomic mass is 10.0. The summed E-state index contributed by atoms with van der Waals surface area (Å²) >= 11 is 12.2. The van der Waals surface area contributed by atoms with Crippen LogP contribution in [0.25, 0.3) is 11.1 Å². The van der Waals surface area contributed by atoms with E-state index in [4.69, 9.17) is 23.2 Å². The molecular weight excluding hydrogens is 272 g/mol. The lowest BCUT2D eigenvalue weighted by molar-refractivity contribution is 0.631. The van der Waals surface area contributed by atoms with Crippen LogP contribution in [0.4, 0.5) is 10.1 Å². The maximum atomic E-state index is 14.1. The molecule has 2 aromatic carbocycles. The van der Waals surface area contributed by atoms with Crippen LogP contribution in [-0.2, 0) is 0 Å². The Morgan fingerprint density at radius 1 is 1.00 bits per heavy atom. The Labute approximate surface area is 116 Å². The van der Waals surface area contributed by atoms with Crippen molar-refractivity contribution in [1.29, 1.82) is 0 Å². The minimum Gasteiger partial charge on any atom is -0.378 e. The topological polar surface area (TPSA) is 3.24 Å². The fraction of sp³-hybridized carbons (Fsp3) is 0.143. The zero-order chi connectivity index (χ0) is 13.3. The quantitative estimate of drug-likeness (QED) is 0.760. The molecule has 0 radical (unpaired) electrons. The van der Waals surface area contributed by atoms with Crippen molar-refractivity contribution in [2.24, 2.45) is 0 Å². The third kappa shape index (κ3) is 2.45. The molecule has 1 nitrogen and oxygen atoms in total. The average molecular weight is 284 g/mol. The van der Waals surface area contributed by atoms with Crippen molar-refractivity contribution in [3.05, 3.63) is 52.3 Å². The average Bonchev–Trinajstić information content (AvgIpc) is 2.30. The van der Waals surface area contributed by atoms with Crippen molar-refractivity contribution in [1.82, 2.24) is 0 Å². The standard InChI is InChI=1S/C14H12Cl2FN/c1-18(2)9-6-7-10(13(17)8-9)14-11(15)4-3-5-12(14)16/h3-8H,1-2H3. The summed E-state index contributed by atoms with van der Waals surface area (Å²) in [5, 5.41) is 0.887. The van der Waals surface area contributed by atoms with Crippen LogP contribution in [0.1, 0.15) is 0 Å². The van der Waals surface area contributed by atoms with Crippen molar-refractivity contribution >= 4 is 28.9 Å². The van der Waals surface area contributed by atoms with Crippen LogP contribution >= 0.6 is 23.2 Å². The van der Waals surface area contributed by atoms with Gasteiger partial charge in [0.2, 0.25) is 0 Å². The number of nitrogens with zero attached hydrogens (tertiary/aromatic N) is 1. The van der Waals surface area contributed by atoms with Crippen molar-refractivity contribution in [3.8, 4) is 11.1 Å². The Bertz CT molecular complexity index is 562. The molecule has 0 unspecified atom stereocenters. The molecule has 0 fully saturated rings. The van der Waals surface area contributed by atoms with Gasteiger partial charge in [-0.15, -0.1) is 0 Å². The van der Waals surface area contributed by atoms with Crippen LogP contribution < -0.4 is 4.90 Å². The Morgan fingerprint density at radius 2 is 1.61 bits per heavy atom. The van der Waals surface area contributed by atoms with Gasteiger partial charge in [0.05, 0.1) is 0 Å². The molecule has 0 aliphatic heterocycles. The summed E-state index contributed by atoms with van der Waals surface area (Å²) in [5.41, 5.74) is 1.74. The highest BCUT2D eigenvalue weighted by Gasteiger charge is 2.13. The van der Waals surface area contributed by atoms with E-state index in [1.807, 2.05) is 25.1 Å². The van der Waals surface area contributed by atoms with Crippen LogP contribution in [0.3, 0.4) is 0 Å². The minimum atomic E-state index is -0.337. The van der Waals surface area contributed by atoms with E-state index in [9.17, 15) is 4.39 Å². The molecule has 0 aromatic heterocycles. The zero-order valence-electron chi connectivity index (χ0n) is 10.0. The van der Waals surface area contributed by atoms with Crippen molar-refractivity contribution < 1.29 is 4.39 Å². The van der Waals surface area contributed by atoms with Crippen molar-refractivity contribution in [3.63, 3.8) is 0 Å². The van der Waals surface area contributed by atoms with Crippen molar-refractivity contribution in [2.75, 3.05) is 19.0 Å². The normalized spacial score (nSPS) is 10.5. The van der Waals surface area contributed by atoms with Crippen LogP contribution in [-0.4, -0.2) is 14.1 Å². The Hall–Kier alpha value is -1.25. The number of rotatable bonds is 2. The molecule has 2 aromatic rings. The first-order chi connectivity index (χ1) is 8.50. The van der Waals surface area contributed by atoms with E-state index in [1.54, 1.807) is 24.3 Å². The van der Waals surface area contributed by atoms with Crippen LogP contribution in [0.15, 0.2) is 36.4 Å². The molecule has 0 heterocycles. The summed E-state index contributed by atoms with van der Waals surface area (Å²) in [4.78, 5) is 1.83. The molecule has 18 heavy (non-hydrogen) atoms. The summed E-state index contributed by atoms with van der Waals surface area (Å²) in [6.07, 6.45) is 0. The maximum Gasteiger partial charge on any atom is 0.133 e. The molecule has 0 aliphatic rings. The number of hydrogen-bond acceptors (Lipinski definition) is 1. The number of halogens is 3. The van der Waals surface area contributed by atoms with E-state index < -0.39 is 0 Å². The molecule has 0 N–H and O–H groups in total. The van der Waals surface area contributed by atoms with E-state index in [2.05, 4.69) is 0 Å². The molecule has 0 aliphatic carbocycles.